The van der Waals surface area contributed by atoms with Crippen molar-refractivity contribution in [3.05, 3.63) is 60.8 Å². The first-order valence-electron chi connectivity index (χ1n) is 5.90. The molecule has 0 saturated carbocycles. The van der Waals surface area contributed by atoms with E-state index in [1.165, 1.54) is 0 Å². The Balaban J connectivity index is 2.90. The zero-order valence-electron chi connectivity index (χ0n) is 10.5. The molecule has 1 atom stereocenters. The SMILES string of the molecule is C=C1/C=C/[C@H](C(C)C)CC(=C)C(=C)/C=C\C1. The third-order valence-corrected chi connectivity index (χ3v) is 3.07. The summed E-state index contributed by atoms with van der Waals surface area (Å²) in [5.41, 5.74) is 3.35. The summed E-state index contributed by atoms with van der Waals surface area (Å²) in [7, 11) is 0. The van der Waals surface area contributed by atoms with Crippen molar-refractivity contribution < 1.29 is 0 Å². The topological polar surface area (TPSA) is 0 Å². The second kappa shape index (κ2) is 5.69. The Bertz CT molecular complexity index is 350. The summed E-state index contributed by atoms with van der Waals surface area (Å²) < 4.78 is 0. The summed E-state index contributed by atoms with van der Waals surface area (Å²) >= 11 is 0. The van der Waals surface area contributed by atoms with Crippen LogP contribution < -0.4 is 0 Å². The number of rotatable bonds is 1. The van der Waals surface area contributed by atoms with E-state index in [2.05, 4.69) is 57.9 Å². The van der Waals surface area contributed by atoms with Crippen molar-refractivity contribution in [1.29, 1.82) is 0 Å². The predicted octanol–water partition coefficient (Wildman–Crippen LogP) is 4.83. The van der Waals surface area contributed by atoms with Crippen molar-refractivity contribution in [3.63, 3.8) is 0 Å². The number of allylic oxidation sites excluding steroid dienone is 7. The lowest BCUT2D eigenvalue weighted by atomic mass is 9.86. The molecule has 1 rings (SSSR count). The summed E-state index contributed by atoms with van der Waals surface area (Å²) in [6.07, 6.45) is 10.5. The van der Waals surface area contributed by atoms with Gasteiger partial charge in [0.1, 0.15) is 0 Å². The molecule has 0 aromatic carbocycles. The Labute approximate surface area is 99.8 Å². The maximum absolute atomic E-state index is 4.11. The van der Waals surface area contributed by atoms with Crippen LogP contribution in [0, 0.1) is 11.8 Å². The van der Waals surface area contributed by atoms with Gasteiger partial charge in [0.15, 0.2) is 0 Å². The van der Waals surface area contributed by atoms with E-state index in [1.54, 1.807) is 0 Å². The monoisotopic (exact) mass is 214 g/mol. The largest absolute Gasteiger partial charge is 0.0955 e. The van der Waals surface area contributed by atoms with Gasteiger partial charge in [0, 0.05) is 0 Å². The van der Waals surface area contributed by atoms with Crippen LogP contribution in [-0.4, -0.2) is 0 Å². The number of hydrogen-bond donors (Lipinski definition) is 0. The maximum atomic E-state index is 4.11. The highest BCUT2D eigenvalue weighted by Crippen LogP contribution is 2.26. The minimum absolute atomic E-state index is 0.535. The van der Waals surface area contributed by atoms with Crippen molar-refractivity contribution >= 4 is 0 Å². The first kappa shape index (κ1) is 12.8. The highest BCUT2D eigenvalue weighted by Gasteiger charge is 2.12. The van der Waals surface area contributed by atoms with Crippen LogP contribution in [0.1, 0.15) is 26.7 Å². The minimum Gasteiger partial charge on any atom is -0.0955 e. The van der Waals surface area contributed by atoms with Gasteiger partial charge in [-0.05, 0) is 35.8 Å². The highest BCUT2D eigenvalue weighted by atomic mass is 14.2. The van der Waals surface area contributed by atoms with Gasteiger partial charge in [-0.3, -0.25) is 0 Å². The highest BCUT2D eigenvalue weighted by molar-refractivity contribution is 5.37. The molecule has 0 fully saturated rings. The number of hydrogen-bond acceptors (Lipinski definition) is 0. The van der Waals surface area contributed by atoms with Gasteiger partial charge in [0.25, 0.3) is 0 Å². The van der Waals surface area contributed by atoms with Crippen LogP contribution in [0.25, 0.3) is 0 Å². The third-order valence-electron chi connectivity index (χ3n) is 3.07. The molecule has 0 spiro atoms. The van der Waals surface area contributed by atoms with Gasteiger partial charge in [-0.15, -0.1) is 0 Å². The summed E-state index contributed by atoms with van der Waals surface area (Å²) in [5, 5.41) is 0. The van der Waals surface area contributed by atoms with Crippen LogP contribution in [0.4, 0.5) is 0 Å². The first-order chi connectivity index (χ1) is 7.50. The van der Waals surface area contributed by atoms with E-state index in [0.717, 1.165) is 29.6 Å². The van der Waals surface area contributed by atoms with Crippen molar-refractivity contribution in [2.24, 2.45) is 11.8 Å². The van der Waals surface area contributed by atoms with Crippen LogP contribution in [0.5, 0.6) is 0 Å². The fourth-order valence-corrected chi connectivity index (χ4v) is 1.74. The molecule has 0 aromatic rings. The Morgan fingerprint density at radius 2 is 1.88 bits per heavy atom. The predicted molar refractivity (Wildman–Crippen MR) is 73.3 cm³/mol. The van der Waals surface area contributed by atoms with Gasteiger partial charge in [-0.2, -0.15) is 0 Å². The van der Waals surface area contributed by atoms with Gasteiger partial charge in [0.05, 0.1) is 0 Å². The molecule has 0 aliphatic heterocycles. The van der Waals surface area contributed by atoms with Crippen molar-refractivity contribution in [1.82, 2.24) is 0 Å². The van der Waals surface area contributed by atoms with Crippen molar-refractivity contribution in [2.75, 3.05) is 0 Å². The van der Waals surface area contributed by atoms with Crippen LogP contribution >= 0.6 is 0 Å². The van der Waals surface area contributed by atoms with E-state index in [4.69, 9.17) is 0 Å². The van der Waals surface area contributed by atoms with E-state index in [-0.39, 0.29) is 0 Å². The Morgan fingerprint density at radius 1 is 1.19 bits per heavy atom. The van der Waals surface area contributed by atoms with Crippen molar-refractivity contribution in [3.8, 4) is 0 Å². The normalized spacial score (nSPS) is 26.9. The Kier molecular flexibility index (Phi) is 4.54. The average molecular weight is 214 g/mol. The smallest absolute Gasteiger partial charge is 0.0100 e. The second-order valence-electron chi connectivity index (χ2n) is 4.86. The Morgan fingerprint density at radius 3 is 2.50 bits per heavy atom. The fourth-order valence-electron chi connectivity index (χ4n) is 1.74. The molecule has 0 heteroatoms. The molecule has 1 aliphatic carbocycles. The molecule has 0 aromatic heterocycles. The zero-order chi connectivity index (χ0) is 12.1. The molecule has 0 radical (unpaired) electrons. The molecular formula is C16H22. The molecule has 86 valence electrons. The lowest BCUT2D eigenvalue weighted by molar-refractivity contribution is 0.464. The van der Waals surface area contributed by atoms with Crippen LogP contribution in [0.3, 0.4) is 0 Å². The molecule has 0 amide bonds. The Hall–Kier alpha value is -1.30. The molecular weight excluding hydrogens is 192 g/mol. The lowest BCUT2D eigenvalue weighted by Crippen LogP contribution is -2.07. The fraction of sp³-hybridized carbons (Fsp3) is 0.375. The summed E-state index contributed by atoms with van der Waals surface area (Å²) in [6, 6.07) is 0. The third kappa shape index (κ3) is 3.69. The quantitative estimate of drug-likeness (QED) is 0.586. The van der Waals surface area contributed by atoms with Gasteiger partial charge in [-0.25, -0.2) is 0 Å². The summed E-state index contributed by atoms with van der Waals surface area (Å²) in [6.45, 7) is 16.7. The van der Waals surface area contributed by atoms with Crippen LogP contribution in [0.2, 0.25) is 0 Å². The summed E-state index contributed by atoms with van der Waals surface area (Å²) in [4.78, 5) is 0. The molecule has 0 heterocycles. The molecule has 0 bridgehead atoms. The maximum Gasteiger partial charge on any atom is -0.0100 e. The molecule has 0 unspecified atom stereocenters. The van der Waals surface area contributed by atoms with Gasteiger partial charge < -0.3 is 0 Å². The minimum atomic E-state index is 0.535. The first-order valence-corrected chi connectivity index (χ1v) is 5.90. The zero-order valence-corrected chi connectivity index (χ0v) is 10.5. The molecule has 0 saturated heterocycles. The molecule has 16 heavy (non-hydrogen) atoms. The van der Waals surface area contributed by atoms with Crippen LogP contribution in [0.15, 0.2) is 60.8 Å². The van der Waals surface area contributed by atoms with E-state index >= 15 is 0 Å². The summed E-state index contributed by atoms with van der Waals surface area (Å²) in [5.74, 6) is 1.16. The second-order valence-corrected chi connectivity index (χ2v) is 4.86. The van der Waals surface area contributed by atoms with E-state index in [0.29, 0.717) is 11.8 Å². The van der Waals surface area contributed by atoms with Gasteiger partial charge in [-0.1, -0.05) is 63.5 Å². The van der Waals surface area contributed by atoms with Gasteiger partial charge >= 0.3 is 0 Å². The van der Waals surface area contributed by atoms with Crippen LogP contribution in [-0.2, 0) is 0 Å². The lowest BCUT2D eigenvalue weighted by Gasteiger charge is -2.19. The van der Waals surface area contributed by atoms with E-state index in [1.807, 2.05) is 0 Å². The van der Waals surface area contributed by atoms with E-state index in [9.17, 15) is 0 Å². The van der Waals surface area contributed by atoms with E-state index < -0.39 is 0 Å². The molecule has 0 nitrogen and oxygen atoms in total. The molecule has 1 aliphatic rings. The van der Waals surface area contributed by atoms with Gasteiger partial charge in [0.2, 0.25) is 0 Å². The van der Waals surface area contributed by atoms with Crippen molar-refractivity contribution in [2.45, 2.75) is 26.7 Å². The standard InChI is InChI=1S/C16H22/c1-12(2)16-10-9-13(3)7-6-8-14(4)15(5)11-16/h6,8-10,12,16H,3-5,7,11H2,1-2H3/b8-6-,10-9+/t16-/m0/s1. The average Bonchev–Trinajstić information content (AvgIpc) is 2.22. The molecule has 0 N–H and O–H groups in total.